The van der Waals surface area contributed by atoms with Gasteiger partial charge in [-0.05, 0) is 18.9 Å². The minimum absolute atomic E-state index is 0.109. The zero-order valence-electron chi connectivity index (χ0n) is 10.1. The van der Waals surface area contributed by atoms with Crippen molar-refractivity contribution >= 4 is 29.0 Å². The Morgan fingerprint density at radius 3 is 2.83 bits per heavy atom. The van der Waals surface area contributed by atoms with E-state index in [0.717, 1.165) is 31.5 Å². The Kier molecular flexibility index (Phi) is 2.90. The van der Waals surface area contributed by atoms with E-state index in [1.54, 1.807) is 12.3 Å². The molecule has 2 aliphatic rings. The van der Waals surface area contributed by atoms with Crippen LogP contribution in [0.3, 0.4) is 0 Å². The van der Waals surface area contributed by atoms with E-state index in [1.165, 1.54) is 6.42 Å². The molecule has 0 atom stereocenters. The van der Waals surface area contributed by atoms with Gasteiger partial charge in [0.1, 0.15) is 5.82 Å². The Bertz CT molecular complexity index is 483. The lowest BCUT2D eigenvalue weighted by molar-refractivity contribution is -0.126. The van der Waals surface area contributed by atoms with Crippen LogP contribution in [-0.4, -0.2) is 17.4 Å². The molecule has 1 aliphatic carbocycles. The second kappa shape index (κ2) is 4.43. The first-order valence-electron chi connectivity index (χ1n) is 6.41. The molecule has 2 heterocycles. The lowest BCUT2D eigenvalue weighted by Gasteiger charge is -2.34. The number of halogens is 1. The van der Waals surface area contributed by atoms with Gasteiger partial charge in [-0.1, -0.05) is 30.9 Å². The number of pyridine rings is 1. The smallest absolute Gasteiger partial charge is 0.232 e. The summed E-state index contributed by atoms with van der Waals surface area (Å²) in [4.78, 5) is 16.7. The van der Waals surface area contributed by atoms with E-state index in [0.29, 0.717) is 17.3 Å². The number of nitrogens with zero attached hydrogens (tertiary/aromatic N) is 1. The molecule has 0 aromatic carbocycles. The molecule has 5 heteroatoms. The molecule has 0 unspecified atom stereocenters. The van der Waals surface area contributed by atoms with Crippen LogP contribution < -0.4 is 10.6 Å². The lowest BCUT2D eigenvalue weighted by atomic mass is 9.73. The Labute approximate surface area is 111 Å². The van der Waals surface area contributed by atoms with E-state index in [4.69, 9.17) is 11.6 Å². The number of hydrogen-bond acceptors (Lipinski definition) is 3. The van der Waals surface area contributed by atoms with Crippen molar-refractivity contribution in [2.24, 2.45) is 5.41 Å². The van der Waals surface area contributed by atoms with Crippen molar-refractivity contribution in [3.63, 3.8) is 0 Å². The van der Waals surface area contributed by atoms with Gasteiger partial charge in [0, 0.05) is 12.7 Å². The highest BCUT2D eigenvalue weighted by atomic mass is 35.5. The molecule has 0 bridgehead atoms. The van der Waals surface area contributed by atoms with Crippen LogP contribution in [0.4, 0.5) is 11.5 Å². The molecule has 1 fully saturated rings. The van der Waals surface area contributed by atoms with Crippen molar-refractivity contribution < 1.29 is 4.79 Å². The maximum Gasteiger partial charge on any atom is 0.232 e. The van der Waals surface area contributed by atoms with Crippen LogP contribution in [0, 0.1) is 5.41 Å². The molecule has 1 aromatic heterocycles. The minimum atomic E-state index is -0.272. The molecule has 18 heavy (non-hydrogen) atoms. The zero-order valence-corrected chi connectivity index (χ0v) is 10.9. The number of anilines is 2. The molecule has 1 spiro atoms. The van der Waals surface area contributed by atoms with Crippen molar-refractivity contribution in [1.82, 2.24) is 4.98 Å². The lowest BCUT2D eigenvalue weighted by Crippen LogP contribution is -2.41. The normalized spacial score (nSPS) is 21.7. The van der Waals surface area contributed by atoms with Crippen LogP contribution in [0.25, 0.3) is 0 Å². The first-order valence-corrected chi connectivity index (χ1v) is 6.78. The van der Waals surface area contributed by atoms with Crippen molar-refractivity contribution in [1.29, 1.82) is 0 Å². The highest BCUT2D eigenvalue weighted by Crippen LogP contribution is 2.40. The predicted octanol–water partition coefficient (Wildman–Crippen LogP) is 3.05. The number of nitrogens with one attached hydrogen (secondary N) is 2. The fourth-order valence-corrected chi connectivity index (χ4v) is 3.05. The van der Waals surface area contributed by atoms with Crippen LogP contribution in [0.5, 0.6) is 0 Å². The summed E-state index contributed by atoms with van der Waals surface area (Å²) in [5.74, 6) is 0.827. The van der Waals surface area contributed by atoms with Crippen molar-refractivity contribution in [2.75, 3.05) is 17.2 Å². The Morgan fingerprint density at radius 2 is 2.06 bits per heavy atom. The molecule has 0 saturated heterocycles. The van der Waals surface area contributed by atoms with E-state index >= 15 is 0 Å². The molecule has 4 nitrogen and oxygen atoms in total. The molecular formula is C13H16ClN3O. The van der Waals surface area contributed by atoms with Crippen LogP contribution in [0.2, 0.25) is 5.02 Å². The Morgan fingerprint density at radius 1 is 1.28 bits per heavy atom. The number of amides is 1. The van der Waals surface area contributed by atoms with Crippen LogP contribution >= 0.6 is 11.6 Å². The standard InChI is InChI=1S/C13H16ClN3O/c14-9-6-10-11(15-7-9)16-8-13(12(18)17-10)4-2-1-3-5-13/h6-7H,1-5,8H2,(H,15,16)(H,17,18). The molecule has 2 N–H and O–H groups in total. The third-order valence-electron chi connectivity index (χ3n) is 3.99. The van der Waals surface area contributed by atoms with Crippen LogP contribution in [0.15, 0.2) is 12.3 Å². The SMILES string of the molecule is O=C1Nc2cc(Cl)cnc2NCC12CCCCC2. The Hall–Kier alpha value is -1.29. The first-order chi connectivity index (χ1) is 8.70. The summed E-state index contributed by atoms with van der Waals surface area (Å²) in [6.45, 7) is 0.667. The van der Waals surface area contributed by atoms with Crippen LogP contribution in [-0.2, 0) is 4.79 Å². The number of rotatable bonds is 0. The van der Waals surface area contributed by atoms with Gasteiger partial charge in [-0.2, -0.15) is 0 Å². The third kappa shape index (κ3) is 1.94. The zero-order chi connectivity index (χ0) is 12.6. The van der Waals surface area contributed by atoms with Gasteiger partial charge in [0.2, 0.25) is 5.91 Å². The van der Waals surface area contributed by atoms with E-state index in [-0.39, 0.29) is 11.3 Å². The number of carbonyl (C=O) groups is 1. The number of aromatic nitrogens is 1. The first kappa shape index (κ1) is 11.8. The summed E-state index contributed by atoms with van der Waals surface area (Å²) in [6, 6.07) is 1.75. The average Bonchev–Trinajstić information content (AvgIpc) is 2.50. The van der Waals surface area contributed by atoms with E-state index in [9.17, 15) is 4.79 Å². The minimum Gasteiger partial charge on any atom is -0.367 e. The molecule has 0 radical (unpaired) electrons. The van der Waals surface area contributed by atoms with Gasteiger partial charge >= 0.3 is 0 Å². The van der Waals surface area contributed by atoms with Gasteiger partial charge in [0.15, 0.2) is 0 Å². The summed E-state index contributed by atoms with van der Waals surface area (Å²) >= 11 is 5.91. The summed E-state index contributed by atoms with van der Waals surface area (Å²) < 4.78 is 0. The second-order valence-corrected chi connectivity index (χ2v) is 5.63. The molecule has 3 rings (SSSR count). The van der Waals surface area contributed by atoms with Crippen LogP contribution in [0.1, 0.15) is 32.1 Å². The third-order valence-corrected chi connectivity index (χ3v) is 4.20. The summed E-state index contributed by atoms with van der Waals surface area (Å²) in [5.41, 5.74) is 0.417. The topological polar surface area (TPSA) is 54.0 Å². The van der Waals surface area contributed by atoms with E-state index in [2.05, 4.69) is 15.6 Å². The molecular weight excluding hydrogens is 250 g/mol. The van der Waals surface area contributed by atoms with Gasteiger partial charge in [0.25, 0.3) is 0 Å². The predicted molar refractivity (Wildman–Crippen MR) is 71.9 cm³/mol. The fraction of sp³-hybridized carbons (Fsp3) is 0.538. The highest BCUT2D eigenvalue weighted by Gasteiger charge is 2.41. The molecule has 1 aliphatic heterocycles. The van der Waals surface area contributed by atoms with Gasteiger partial charge in [-0.25, -0.2) is 4.98 Å². The molecule has 1 amide bonds. The van der Waals surface area contributed by atoms with E-state index < -0.39 is 0 Å². The van der Waals surface area contributed by atoms with Gasteiger partial charge < -0.3 is 10.6 Å². The van der Waals surface area contributed by atoms with Crippen molar-refractivity contribution in [3.8, 4) is 0 Å². The second-order valence-electron chi connectivity index (χ2n) is 5.20. The number of carbonyl (C=O) groups excluding carboxylic acids is 1. The quantitative estimate of drug-likeness (QED) is 0.758. The largest absolute Gasteiger partial charge is 0.367 e. The molecule has 1 saturated carbocycles. The van der Waals surface area contributed by atoms with Gasteiger partial charge in [-0.15, -0.1) is 0 Å². The number of fused-ring (bicyclic) bond motifs is 1. The summed E-state index contributed by atoms with van der Waals surface area (Å²) in [7, 11) is 0. The van der Waals surface area contributed by atoms with Gasteiger partial charge in [-0.3, -0.25) is 4.79 Å². The highest BCUT2D eigenvalue weighted by molar-refractivity contribution is 6.31. The molecule has 96 valence electrons. The maximum absolute atomic E-state index is 12.4. The monoisotopic (exact) mass is 265 g/mol. The average molecular weight is 266 g/mol. The van der Waals surface area contributed by atoms with Crippen molar-refractivity contribution in [3.05, 3.63) is 17.3 Å². The summed E-state index contributed by atoms with van der Waals surface area (Å²) in [6.07, 6.45) is 6.98. The molecule has 1 aromatic rings. The maximum atomic E-state index is 12.4. The van der Waals surface area contributed by atoms with Gasteiger partial charge in [0.05, 0.1) is 16.1 Å². The fourth-order valence-electron chi connectivity index (χ4n) is 2.90. The Balaban J connectivity index is 1.92. The number of hydrogen-bond donors (Lipinski definition) is 2. The van der Waals surface area contributed by atoms with Crippen molar-refractivity contribution in [2.45, 2.75) is 32.1 Å². The summed E-state index contributed by atoms with van der Waals surface area (Å²) in [5, 5.41) is 6.80. The van der Waals surface area contributed by atoms with E-state index in [1.807, 2.05) is 0 Å².